The molecule has 1 aliphatic carbocycles. The van der Waals surface area contributed by atoms with Gasteiger partial charge in [-0.2, -0.15) is 0 Å². The molecule has 0 saturated heterocycles. The second-order valence-corrected chi connectivity index (χ2v) is 6.71. The summed E-state index contributed by atoms with van der Waals surface area (Å²) in [7, 11) is 0. The molecule has 0 amide bonds. The number of halogens is 1. The maximum Gasteiger partial charge on any atom is 0.129 e. The lowest BCUT2D eigenvalue weighted by molar-refractivity contribution is 0.497. The number of rotatable bonds is 4. The normalized spacial score (nSPS) is 16.1. The molecule has 0 unspecified atom stereocenters. The van der Waals surface area contributed by atoms with Gasteiger partial charge in [0.2, 0.25) is 0 Å². The highest BCUT2D eigenvalue weighted by Crippen LogP contribution is 2.29. The molecule has 1 aromatic carbocycles. The van der Waals surface area contributed by atoms with Crippen LogP contribution in [0.25, 0.3) is 10.9 Å². The quantitative estimate of drug-likeness (QED) is 0.780. The summed E-state index contributed by atoms with van der Waals surface area (Å²) >= 11 is 3.53. The maximum absolute atomic E-state index is 4.79. The Morgan fingerprint density at radius 1 is 1.20 bits per heavy atom. The average molecular weight is 333 g/mol. The third-order valence-electron chi connectivity index (χ3n) is 4.37. The van der Waals surface area contributed by atoms with E-state index in [9.17, 15) is 0 Å². The monoisotopic (exact) mass is 332 g/mol. The summed E-state index contributed by atoms with van der Waals surface area (Å²) < 4.78 is 1.10. The van der Waals surface area contributed by atoms with Gasteiger partial charge in [0, 0.05) is 16.3 Å². The van der Waals surface area contributed by atoms with Crippen molar-refractivity contribution in [1.82, 2.24) is 9.97 Å². The fraction of sp³-hybridized carbons (Fsp3) is 0.529. The molecule has 1 fully saturated rings. The number of benzene rings is 1. The lowest BCUT2D eigenvalue weighted by Crippen LogP contribution is -2.04. The molecular weight excluding hydrogens is 312 g/mol. The van der Waals surface area contributed by atoms with E-state index >= 15 is 0 Å². The van der Waals surface area contributed by atoms with Crippen LogP contribution in [-0.4, -0.2) is 9.97 Å². The van der Waals surface area contributed by atoms with Crippen LogP contribution in [0, 0.1) is 5.92 Å². The van der Waals surface area contributed by atoms with Gasteiger partial charge in [-0.15, -0.1) is 0 Å². The van der Waals surface area contributed by atoms with Crippen molar-refractivity contribution in [3.05, 3.63) is 34.2 Å². The Hall–Kier alpha value is -0.960. The zero-order valence-corrected chi connectivity index (χ0v) is 13.6. The zero-order valence-electron chi connectivity index (χ0n) is 12.0. The first-order valence-electron chi connectivity index (χ1n) is 7.71. The maximum atomic E-state index is 4.79. The van der Waals surface area contributed by atoms with Crippen molar-refractivity contribution in [2.24, 2.45) is 5.92 Å². The second-order valence-electron chi connectivity index (χ2n) is 5.79. The third kappa shape index (κ3) is 3.03. The van der Waals surface area contributed by atoms with E-state index in [1.54, 1.807) is 0 Å². The molecule has 0 aliphatic heterocycles. The topological polar surface area (TPSA) is 25.8 Å². The average Bonchev–Trinajstić information content (AvgIpc) is 2.97. The van der Waals surface area contributed by atoms with Crippen LogP contribution < -0.4 is 0 Å². The van der Waals surface area contributed by atoms with Crippen LogP contribution in [0.1, 0.15) is 50.5 Å². The van der Waals surface area contributed by atoms with Crippen molar-refractivity contribution < 1.29 is 0 Å². The Bertz CT molecular complexity index is 603. The lowest BCUT2D eigenvalue weighted by Gasteiger charge is -2.10. The predicted molar refractivity (Wildman–Crippen MR) is 86.9 cm³/mol. The zero-order chi connectivity index (χ0) is 13.9. The van der Waals surface area contributed by atoms with Crippen molar-refractivity contribution in [2.45, 2.75) is 51.9 Å². The minimum Gasteiger partial charge on any atom is -0.237 e. The minimum absolute atomic E-state index is 0.907. The third-order valence-corrected chi connectivity index (χ3v) is 4.86. The highest BCUT2D eigenvalue weighted by molar-refractivity contribution is 9.10. The van der Waals surface area contributed by atoms with Gasteiger partial charge in [-0.1, -0.05) is 48.5 Å². The van der Waals surface area contributed by atoms with E-state index in [0.29, 0.717) is 0 Å². The minimum atomic E-state index is 0.907. The standard InChI is InChI=1S/C17H21BrN2/c1-2-15-14-11-13(18)8-9-16(14)20-17(19-15)10-7-12-5-3-4-6-12/h8-9,11-12H,2-7,10H2,1H3. The fourth-order valence-corrected chi connectivity index (χ4v) is 3.59. The molecular formula is C17H21BrN2. The molecule has 2 nitrogen and oxygen atoms in total. The van der Waals surface area contributed by atoms with Crippen molar-refractivity contribution >= 4 is 26.8 Å². The van der Waals surface area contributed by atoms with Crippen LogP contribution in [0.2, 0.25) is 0 Å². The van der Waals surface area contributed by atoms with Crippen LogP contribution in [0.15, 0.2) is 22.7 Å². The van der Waals surface area contributed by atoms with Gasteiger partial charge >= 0.3 is 0 Å². The van der Waals surface area contributed by atoms with Crippen LogP contribution in [0.5, 0.6) is 0 Å². The van der Waals surface area contributed by atoms with Gasteiger partial charge in [0.25, 0.3) is 0 Å². The van der Waals surface area contributed by atoms with E-state index < -0.39 is 0 Å². The molecule has 0 bridgehead atoms. The van der Waals surface area contributed by atoms with Crippen LogP contribution in [-0.2, 0) is 12.8 Å². The van der Waals surface area contributed by atoms with Crippen LogP contribution >= 0.6 is 15.9 Å². The highest BCUT2D eigenvalue weighted by Gasteiger charge is 2.16. The van der Waals surface area contributed by atoms with Crippen molar-refractivity contribution in [3.63, 3.8) is 0 Å². The molecule has 3 rings (SSSR count). The number of fused-ring (bicyclic) bond motifs is 1. The van der Waals surface area contributed by atoms with Gasteiger partial charge in [0.1, 0.15) is 5.82 Å². The predicted octanol–water partition coefficient (Wildman–Crippen LogP) is 5.08. The molecule has 1 aromatic heterocycles. The Labute approximate surface area is 129 Å². The fourth-order valence-electron chi connectivity index (χ4n) is 3.23. The van der Waals surface area contributed by atoms with Gasteiger partial charge in [0.05, 0.1) is 11.2 Å². The molecule has 2 aromatic rings. The number of hydrogen-bond acceptors (Lipinski definition) is 2. The Morgan fingerprint density at radius 3 is 2.75 bits per heavy atom. The van der Waals surface area contributed by atoms with Gasteiger partial charge in [-0.3, -0.25) is 0 Å². The summed E-state index contributed by atoms with van der Waals surface area (Å²) in [6.07, 6.45) is 8.89. The van der Waals surface area contributed by atoms with Gasteiger partial charge in [-0.05, 0) is 37.0 Å². The van der Waals surface area contributed by atoms with E-state index in [1.165, 1.54) is 43.2 Å². The van der Waals surface area contributed by atoms with Gasteiger partial charge in [-0.25, -0.2) is 9.97 Å². The first kappa shape index (κ1) is 14.0. The molecule has 0 atom stereocenters. The largest absolute Gasteiger partial charge is 0.237 e. The molecule has 1 saturated carbocycles. The summed E-state index contributed by atoms with van der Waals surface area (Å²) in [5, 5.41) is 1.19. The molecule has 1 aliphatic rings. The number of aryl methyl sites for hydroxylation is 2. The number of hydrogen-bond donors (Lipinski definition) is 0. The summed E-state index contributed by atoms with van der Waals surface area (Å²) in [6.45, 7) is 2.17. The summed E-state index contributed by atoms with van der Waals surface area (Å²) in [5.41, 5.74) is 2.26. The summed E-state index contributed by atoms with van der Waals surface area (Å²) in [5.74, 6) is 1.94. The van der Waals surface area contributed by atoms with Gasteiger partial charge in [0.15, 0.2) is 0 Å². The molecule has 0 spiro atoms. The second kappa shape index (κ2) is 6.21. The number of aromatic nitrogens is 2. The van der Waals surface area contributed by atoms with Crippen molar-refractivity contribution in [2.75, 3.05) is 0 Å². The van der Waals surface area contributed by atoms with E-state index in [0.717, 1.165) is 34.6 Å². The SMILES string of the molecule is CCc1nc(CCC2CCCC2)nc2ccc(Br)cc12. The summed E-state index contributed by atoms with van der Waals surface area (Å²) in [6, 6.07) is 6.30. The highest BCUT2D eigenvalue weighted by atomic mass is 79.9. The number of nitrogens with zero attached hydrogens (tertiary/aromatic N) is 2. The Kier molecular flexibility index (Phi) is 4.35. The van der Waals surface area contributed by atoms with E-state index in [-0.39, 0.29) is 0 Å². The van der Waals surface area contributed by atoms with Crippen molar-refractivity contribution in [3.8, 4) is 0 Å². The Morgan fingerprint density at radius 2 is 2.00 bits per heavy atom. The molecule has 0 radical (unpaired) electrons. The van der Waals surface area contributed by atoms with Gasteiger partial charge < -0.3 is 0 Å². The van der Waals surface area contributed by atoms with E-state index in [4.69, 9.17) is 9.97 Å². The molecule has 20 heavy (non-hydrogen) atoms. The van der Waals surface area contributed by atoms with Crippen LogP contribution in [0.4, 0.5) is 0 Å². The summed E-state index contributed by atoms with van der Waals surface area (Å²) in [4.78, 5) is 9.54. The first-order valence-corrected chi connectivity index (χ1v) is 8.50. The smallest absolute Gasteiger partial charge is 0.129 e. The Balaban J connectivity index is 1.85. The lowest BCUT2D eigenvalue weighted by atomic mass is 10.0. The van der Waals surface area contributed by atoms with E-state index in [2.05, 4.69) is 41.1 Å². The molecule has 0 N–H and O–H groups in total. The molecule has 3 heteroatoms. The molecule has 1 heterocycles. The van der Waals surface area contributed by atoms with Crippen molar-refractivity contribution in [1.29, 1.82) is 0 Å². The first-order chi connectivity index (χ1) is 9.76. The van der Waals surface area contributed by atoms with Crippen LogP contribution in [0.3, 0.4) is 0 Å². The molecule has 106 valence electrons. The van der Waals surface area contributed by atoms with E-state index in [1.807, 2.05) is 0 Å².